The number of nitrogens with one attached hydrogen (secondary N) is 1. The zero-order chi connectivity index (χ0) is 15.1. The van der Waals surface area contributed by atoms with E-state index in [-0.39, 0.29) is 0 Å². The van der Waals surface area contributed by atoms with Crippen LogP contribution in [0.3, 0.4) is 0 Å². The molecular formula is C14H25N5S. The molecule has 0 aliphatic heterocycles. The van der Waals surface area contributed by atoms with Gasteiger partial charge in [-0.1, -0.05) is 26.1 Å². The van der Waals surface area contributed by atoms with Gasteiger partial charge in [-0.3, -0.25) is 0 Å². The van der Waals surface area contributed by atoms with Gasteiger partial charge in [0.1, 0.15) is 4.99 Å². The summed E-state index contributed by atoms with van der Waals surface area (Å²) in [7, 11) is 0. The molecule has 0 atom stereocenters. The van der Waals surface area contributed by atoms with Crippen molar-refractivity contribution in [2.45, 2.75) is 34.1 Å². The third kappa shape index (κ3) is 4.38. The Kier molecular flexibility index (Phi) is 6.81. The maximum absolute atomic E-state index is 5.80. The fraction of sp³-hybridized carbons (Fsp3) is 0.643. The van der Waals surface area contributed by atoms with Gasteiger partial charge in [0, 0.05) is 6.54 Å². The highest BCUT2D eigenvalue weighted by Gasteiger charge is 2.13. The molecule has 20 heavy (non-hydrogen) atoms. The lowest BCUT2D eigenvalue weighted by molar-refractivity contribution is 0.303. The van der Waals surface area contributed by atoms with Crippen molar-refractivity contribution in [1.82, 2.24) is 15.1 Å². The second-order valence-corrected chi connectivity index (χ2v) is 5.25. The van der Waals surface area contributed by atoms with E-state index in [1.54, 1.807) is 0 Å². The molecule has 0 aliphatic rings. The van der Waals surface area contributed by atoms with E-state index in [1.165, 1.54) is 0 Å². The summed E-state index contributed by atoms with van der Waals surface area (Å²) in [5.74, 6) is 0.695. The molecule has 6 heteroatoms. The topological polar surface area (TPSA) is 67.1 Å². The van der Waals surface area contributed by atoms with Crippen LogP contribution in [0.4, 0.5) is 5.82 Å². The first-order valence-electron chi connectivity index (χ1n) is 7.11. The van der Waals surface area contributed by atoms with Crippen molar-refractivity contribution in [3.8, 4) is 0 Å². The average Bonchev–Trinajstić information content (AvgIpc) is 2.42. The normalized spacial score (nSPS) is 10.8. The minimum Gasteiger partial charge on any atom is -0.389 e. The number of nitrogens with zero attached hydrogens (tertiary/aromatic N) is 3. The molecule has 5 nitrogen and oxygen atoms in total. The summed E-state index contributed by atoms with van der Waals surface area (Å²) < 4.78 is 0. The lowest BCUT2D eigenvalue weighted by Crippen LogP contribution is -2.26. The molecule has 1 heterocycles. The van der Waals surface area contributed by atoms with Crippen LogP contribution in [0.25, 0.3) is 0 Å². The van der Waals surface area contributed by atoms with E-state index in [2.05, 4.69) is 34.3 Å². The first-order valence-corrected chi connectivity index (χ1v) is 7.51. The smallest absolute Gasteiger partial charge is 0.159 e. The van der Waals surface area contributed by atoms with Crippen molar-refractivity contribution < 1.29 is 0 Å². The van der Waals surface area contributed by atoms with Gasteiger partial charge >= 0.3 is 0 Å². The molecule has 1 aromatic heterocycles. The van der Waals surface area contributed by atoms with Crippen LogP contribution in [0.5, 0.6) is 0 Å². The van der Waals surface area contributed by atoms with Gasteiger partial charge in [0.05, 0.1) is 11.3 Å². The summed E-state index contributed by atoms with van der Waals surface area (Å²) in [6, 6.07) is 0. The first kappa shape index (κ1) is 16.8. The predicted octanol–water partition coefficient (Wildman–Crippen LogP) is 1.87. The van der Waals surface area contributed by atoms with E-state index < -0.39 is 0 Å². The number of hydrogen-bond acceptors (Lipinski definition) is 5. The fourth-order valence-electron chi connectivity index (χ4n) is 2.08. The molecule has 0 spiro atoms. The molecule has 0 unspecified atom stereocenters. The molecule has 0 radical (unpaired) electrons. The number of hydrogen-bond donors (Lipinski definition) is 2. The van der Waals surface area contributed by atoms with Gasteiger partial charge in [0.2, 0.25) is 0 Å². The maximum atomic E-state index is 5.80. The number of aryl methyl sites for hydroxylation is 1. The molecule has 0 fully saturated rings. The summed E-state index contributed by atoms with van der Waals surface area (Å²) >= 11 is 5.12. The van der Waals surface area contributed by atoms with Crippen molar-refractivity contribution in [2.24, 2.45) is 5.73 Å². The van der Waals surface area contributed by atoms with Crippen molar-refractivity contribution in [3.63, 3.8) is 0 Å². The molecule has 0 bridgehead atoms. The predicted molar refractivity (Wildman–Crippen MR) is 88.3 cm³/mol. The van der Waals surface area contributed by atoms with E-state index >= 15 is 0 Å². The van der Waals surface area contributed by atoms with Gasteiger partial charge in [-0.25, -0.2) is 0 Å². The second kappa shape index (κ2) is 8.11. The van der Waals surface area contributed by atoms with Gasteiger partial charge < -0.3 is 16.0 Å². The van der Waals surface area contributed by atoms with Crippen molar-refractivity contribution in [3.05, 3.63) is 16.8 Å². The molecule has 0 saturated carbocycles. The van der Waals surface area contributed by atoms with Crippen LogP contribution in [-0.4, -0.2) is 46.3 Å². The maximum Gasteiger partial charge on any atom is 0.159 e. The Morgan fingerprint density at radius 3 is 2.45 bits per heavy atom. The summed E-state index contributed by atoms with van der Waals surface area (Å²) in [6.45, 7) is 12.3. The van der Waals surface area contributed by atoms with Crippen LogP contribution >= 0.6 is 12.2 Å². The zero-order valence-corrected chi connectivity index (χ0v) is 13.7. The molecule has 3 N–H and O–H groups in total. The fourth-order valence-corrected chi connectivity index (χ4v) is 2.33. The van der Waals surface area contributed by atoms with E-state index in [9.17, 15) is 0 Å². The number of anilines is 1. The zero-order valence-electron chi connectivity index (χ0n) is 12.9. The monoisotopic (exact) mass is 295 g/mol. The number of nitrogens with two attached hydrogens (primary N) is 1. The van der Waals surface area contributed by atoms with Crippen LogP contribution in [0.1, 0.15) is 37.1 Å². The summed E-state index contributed by atoms with van der Waals surface area (Å²) in [5.41, 5.74) is 8.47. The van der Waals surface area contributed by atoms with Crippen molar-refractivity contribution in [1.29, 1.82) is 0 Å². The molecule has 0 saturated heterocycles. The molecule has 1 aromatic rings. The summed E-state index contributed by atoms with van der Waals surface area (Å²) in [5, 5.41) is 11.6. The lowest BCUT2D eigenvalue weighted by atomic mass is 10.1. The van der Waals surface area contributed by atoms with Crippen LogP contribution < -0.4 is 11.1 Å². The Morgan fingerprint density at radius 2 is 1.90 bits per heavy atom. The van der Waals surface area contributed by atoms with Gasteiger partial charge in [0.25, 0.3) is 0 Å². The highest BCUT2D eigenvalue weighted by Crippen LogP contribution is 2.18. The molecule has 0 aliphatic carbocycles. The minimum atomic E-state index is 0.367. The van der Waals surface area contributed by atoms with E-state index in [0.29, 0.717) is 10.8 Å². The third-order valence-corrected chi connectivity index (χ3v) is 3.74. The molecule has 1 rings (SSSR count). The van der Waals surface area contributed by atoms with Gasteiger partial charge in [-0.05, 0) is 45.5 Å². The number of thiocarbonyl (C=S) groups is 1. The molecule has 112 valence electrons. The van der Waals surface area contributed by atoms with Crippen LogP contribution in [-0.2, 0) is 0 Å². The number of rotatable bonds is 8. The van der Waals surface area contributed by atoms with E-state index in [1.807, 2.05) is 13.8 Å². The lowest BCUT2D eigenvalue weighted by Gasteiger charge is -2.18. The van der Waals surface area contributed by atoms with Crippen molar-refractivity contribution in [2.75, 3.05) is 31.5 Å². The Balaban J connectivity index is 2.65. The Bertz CT molecular complexity index is 457. The Labute approximate surface area is 126 Å². The molecular weight excluding hydrogens is 270 g/mol. The van der Waals surface area contributed by atoms with Crippen molar-refractivity contribution >= 4 is 23.0 Å². The number of aromatic nitrogens is 2. The van der Waals surface area contributed by atoms with E-state index in [0.717, 1.165) is 49.4 Å². The SMILES string of the molecule is CCN(CC)CCCNc1nnc(C)c(C)c1C(N)=S. The third-order valence-electron chi connectivity index (χ3n) is 3.54. The van der Waals surface area contributed by atoms with Gasteiger partial charge in [-0.15, -0.1) is 5.10 Å². The van der Waals surface area contributed by atoms with Crippen LogP contribution in [0.2, 0.25) is 0 Å². The molecule has 0 amide bonds. The summed E-state index contributed by atoms with van der Waals surface area (Å²) in [4.78, 5) is 2.76. The highest BCUT2D eigenvalue weighted by molar-refractivity contribution is 7.80. The van der Waals surface area contributed by atoms with Gasteiger partial charge in [-0.2, -0.15) is 5.10 Å². The van der Waals surface area contributed by atoms with Crippen LogP contribution in [0.15, 0.2) is 0 Å². The largest absolute Gasteiger partial charge is 0.389 e. The minimum absolute atomic E-state index is 0.367. The summed E-state index contributed by atoms with van der Waals surface area (Å²) in [6.07, 6.45) is 1.05. The standard InChI is InChI=1S/C14H25N5S/c1-5-19(6-2)9-7-8-16-14-12(13(15)20)10(3)11(4)17-18-14/h5-9H2,1-4H3,(H2,15,20)(H,16,18). The quantitative estimate of drug-likeness (QED) is 0.564. The Hall–Kier alpha value is -1.27. The Morgan fingerprint density at radius 1 is 1.25 bits per heavy atom. The highest BCUT2D eigenvalue weighted by atomic mass is 32.1. The molecule has 0 aromatic carbocycles. The first-order chi connectivity index (χ1) is 9.51. The second-order valence-electron chi connectivity index (χ2n) is 4.81. The van der Waals surface area contributed by atoms with E-state index in [4.69, 9.17) is 18.0 Å². The van der Waals surface area contributed by atoms with Gasteiger partial charge in [0.15, 0.2) is 5.82 Å². The van der Waals surface area contributed by atoms with Crippen LogP contribution in [0, 0.1) is 13.8 Å². The average molecular weight is 295 g/mol.